The zero-order chi connectivity index (χ0) is 19.9. The molecule has 0 bridgehead atoms. The van der Waals surface area contributed by atoms with E-state index in [4.69, 9.17) is 16.3 Å². The fourth-order valence-electron chi connectivity index (χ4n) is 4.20. The van der Waals surface area contributed by atoms with Crippen molar-refractivity contribution in [3.05, 3.63) is 100 Å². The zero-order valence-electron chi connectivity index (χ0n) is 16.1. The van der Waals surface area contributed by atoms with Crippen LogP contribution in [0.4, 0.5) is 5.69 Å². The van der Waals surface area contributed by atoms with E-state index in [2.05, 4.69) is 17.0 Å². The molecule has 1 heterocycles. The molecule has 3 nitrogen and oxygen atoms in total. The van der Waals surface area contributed by atoms with Gasteiger partial charge >= 0.3 is 5.97 Å². The monoisotopic (exact) mass is 391 g/mol. The number of para-hydroxylation sites is 1. The van der Waals surface area contributed by atoms with E-state index in [9.17, 15) is 4.79 Å². The Balaban J connectivity index is 1.98. The van der Waals surface area contributed by atoms with Crippen molar-refractivity contribution in [3.8, 4) is 0 Å². The van der Waals surface area contributed by atoms with E-state index >= 15 is 0 Å². The Morgan fingerprint density at radius 2 is 1.57 bits per heavy atom. The van der Waals surface area contributed by atoms with Crippen LogP contribution in [0.5, 0.6) is 0 Å². The van der Waals surface area contributed by atoms with E-state index in [1.807, 2.05) is 81.7 Å². The number of carbonyl (C=O) groups is 1. The SMILES string of the molecule is CN(C)c1ccccc1C(c1ccc(Cl)cc1)C1(C)OC(=O)c2ccccc21. The summed E-state index contributed by atoms with van der Waals surface area (Å²) in [4.78, 5) is 14.8. The van der Waals surface area contributed by atoms with Crippen LogP contribution in [0.25, 0.3) is 0 Å². The van der Waals surface area contributed by atoms with Crippen molar-refractivity contribution in [2.24, 2.45) is 0 Å². The van der Waals surface area contributed by atoms with Crippen LogP contribution in [0.3, 0.4) is 0 Å². The number of rotatable bonds is 4. The van der Waals surface area contributed by atoms with Crippen molar-refractivity contribution in [1.82, 2.24) is 0 Å². The van der Waals surface area contributed by atoms with Crippen molar-refractivity contribution >= 4 is 23.3 Å². The van der Waals surface area contributed by atoms with Crippen LogP contribution in [0.1, 0.15) is 39.9 Å². The summed E-state index contributed by atoms with van der Waals surface area (Å²) in [6.07, 6.45) is 0. The minimum absolute atomic E-state index is 0.184. The number of hydrogen-bond acceptors (Lipinski definition) is 3. The lowest BCUT2D eigenvalue weighted by atomic mass is 9.74. The number of anilines is 1. The maximum atomic E-state index is 12.7. The first-order valence-corrected chi connectivity index (χ1v) is 9.64. The van der Waals surface area contributed by atoms with Gasteiger partial charge < -0.3 is 9.64 Å². The number of halogens is 1. The second-order valence-electron chi connectivity index (χ2n) is 7.48. The molecular weight excluding hydrogens is 370 g/mol. The number of nitrogens with zero attached hydrogens (tertiary/aromatic N) is 1. The molecule has 142 valence electrons. The lowest BCUT2D eigenvalue weighted by Gasteiger charge is -2.36. The van der Waals surface area contributed by atoms with Gasteiger partial charge in [-0.3, -0.25) is 0 Å². The summed E-state index contributed by atoms with van der Waals surface area (Å²) in [6, 6.07) is 23.7. The molecule has 0 saturated carbocycles. The van der Waals surface area contributed by atoms with Crippen molar-refractivity contribution in [3.63, 3.8) is 0 Å². The third kappa shape index (κ3) is 2.96. The predicted octanol–water partition coefficient (Wildman–Crippen LogP) is 5.62. The molecule has 0 aliphatic carbocycles. The Morgan fingerprint density at radius 3 is 2.29 bits per heavy atom. The van der Waals surface area contributed by atoms with Gasteiger partial charge in [0, 0.05) is 30.4 Å². The third-order valence-electron chi connectivity index (χ3n) is 5.47. The van der Waals surface area contributed by atoms with E-state index in [1.54, 1.807) is 0 Å². The fraction of sp³-hybridized carbons (Fsp3) is 0.208. The van der Waals surface area contributed by atoms with Gasteiger partial charge in [-0.25, -0.2) is 4.79 Å². The van der Waals surface area contributed by atoms with E-state index in [1.165, 1.54) is 0 Å². The molecule has 0 aromatic heterocycles. The maximum absolute atomic E-state index is 12.7. The van der Waals surface area contributed by atoms with Gasteiger partial charge in [-0.05, 0) is 42.3 Å². The van der Waals surface area contributed by atoms with Crippen molar-refractivity contribution in [1.29, 1.82) is 0 Å². The van der Waals surface area contributed by atoms with Gasteiger partial charge in [0.15, 0.2) is 0 Å². The number of benzene rings is 3. The van der Waals surface area contributed by atoms with Crippen molar-refractivity contribution in [2.75, 3.05) is 19.0 Å². The molecule has 28 heavy (non-hydrogen) atoms. The maximum Gasteiger partial charge on any atom is 0.339 e. The molecule has 2 atom stereocenters. The Labute approximate surface area is 170 Å². The third-order valence-corrected chi connectivity index (χ3v) is 5.72. The van der Waals surface area contributed by atoms with Crippen LogP contribution in [0, 0.1) is 0 Å². The molecule has 0 spiro atoms. The second kappa shape index (κ2) is 6.99. The van der Waals surface area contributed by atoms with Gasteiger partial charge in [0.1, 0.15) is 5.60 Å². The summed E-state index contributed by atoms with van der Waals surface area (Å²) in [5.41, 5.74) is 3.95. The molecule has 0 fully saturated rings. The molecule has 0 radical (unpaired) electrons. The first kappa shape index (κ1) is 18.6. The van der Waals surface area contributed by atoms with Gasteiger partial charge in [0.25, 0.3) is 0 Å². The van der Waals surface area contributed by atoms with E-state index in [-0.39, 0.29) is 11.9 Å². The Kier molecular flexibility index (Phi) is 4.64. The second-order valence-corrected chi connectivity index (χ2v) is 7.92. The topological polar surface area (TPSA) is 29.5 Å². The average Bonchev–Trinajstić information content (AvgIpc) is 2.95. The standard InChI is InChI=1S/C24H22ClNO2/c1-24(20-10-6-4-8-18(20)23(27)28-24)22(16-12-14-17(25)15-13-16)19-9-5-7-11-21(19)26(2)3/h4-15,22H,1-3H3. The summed E-state index contributed by atoms with van der Waals surface area (Å²) in [5, 5.41) is 0.678. The van der Waals surface area contributed by atoms with Gasteiger partial charge in [-0.1, -0.05) is 60.1 Å². The highest BCUT2D eigenvalue weighted by Gasteiger charge is 2.49. The Hall–Kier alpha value is -2.78. The normalized spacial score (nSPS) is 19.1. The van der Waals surface area contributed by atoms with Gasteiger partial charge in [-0.2, -0.15) is 0 Å². The largest absolute Gasteiger partial charge is 0.450 e. The minimum Gasteiger partial charge on any atom is -0.450 e. The van der Waals surface area contributed by atoms with Crippen LogP contribution in [-0.2, 0) is 10.3 Å². The number of ether oxygens (including phenoxy) is 1. The number of hydrogen-bond donors (Lipinski definition) is 0. The van der Waals surface area contributed by atoms with E-state index in [0.717, 1.165) is 22.4 Å². The highest BCUT2D eigenvalue weighted by molar-refractivity contribution is 6.30. The number of cyclic esters (lactones) is 1. The first-order chi connectivity index (χ1) is 13.4. The van der Waals surface area contributed by atoms with Gasteiger partial charge in [-0.15, -0.1) is 0 Å². The molecule has 1 aliphatic rings. The van der Waals surface area contributed by atoms with Crippen LogP contribution in [-0.4, -0.2) is 20.1 Å². The summed E-state index contributed by atoms with van der Waals surface area (Å²) >= 11 is 6.15. The van der Waals surface area contributed by atoms with E-state index in [0.29, 0.717) is 10.6 Å². The van der Waals surface area contributed by atoms with Gasteiger partial charge in [0.2, 0.25) is 0 Å². The summed E-state index contributed by atoms with van der Waals surface area (Å²) in [7, 11) is 4.05. The molecule has 2 unspecified atom stereocenters. The smallest absolute Gasteiger partial charge is 0.339 e. The average molecular weight is 392 g/mol. The van der Waals surface area contributed by atoms with E-state index < -0.39 is 5.60 Å². The first-order valence-electron chi connectivity index (χ1n) is 9.26. The number of esters is 1. The molecule has 4 heteroatoms. The molecule has 0 amide bonds. The molecule has 0 N–H and O–H groups in total. The quantitative estimate of drug-likeness (QED) is 0.540. The summed E-state index contributed by atoms with van der Waals surface area (Å²) in [6.45, 7) is 2.00. The molecular formula is C24H22ClNO2. The molecule has 3 aromatic rings. The number of fused-ring (bicyclic) bond motifs is 1. The van der Waals surface area contributed by atoms with Gasteiger partial charge in [0.05, 0.1) is 11.5 Å². The lowest BCUT2D eigenvalue weighted by Crippen LogP contribution is -2.32. The highest BCUT2D eigenvalue weighted by atomic mass is 35.5. The Morgan fingerprint density at radius 1 is 0.929 bits per heavy atom. The predicted molar refractivity (Wildman–Crippen MR) is 113 cm³/mol. The lowest BCUT2D eigenvalue weighted by molar-refractivity contribution is -0.00694. The summed E-state index contributed by atoms with van der Waals surface area (Å²) in [5.74, 6) is -0.463. The zero-order valence-corrected chi connectivity index (χ0v) is 16.9. The van der Waals surface area contributed by atoms with Crippen LogP contribution >= 0.6 is 11.6 Å². The molecule has 1 aliphatic heterocycles. The Bertz CT molecular complexity index is 1030. The van der Waals surface area contributed by atoms with Crippen LogP contribution in [0.15, 0.2) is 72.8 Å². The number of carbonyl (C=O) groups excluding carboxylic acids is 1. The molecule has 0 saturated heterocycles. The fourth-order valence-corrected chi connectivity index (χ4v) is 4.33. The van der Waals surface area contributed by atoms with Crippen LogP contribution < -0.4 is 4.90 Å². The van der Waals surface area contributed by atoms with Crippen molar-refractivity contribution < 1.29 is 9.53 Å². The minimum atomic E-state index is -0.826. The molecule has 3 aromatic carbocycles. The highest BCUT2D eigenvalue weighted by Crippen LogP contribution is 2.51. The van der Waals surface area contributed by atoms with Crippen LogP contribution in [0.2, 0.25) is 5.02 Å². The van der Waals surface area contributed by atoms with Crippen molar-refractivity contribution in [2.45, 2.75) is 18.4 Å². The molecule has 4 rings (SSSR count). The summed E-state index contributed by atoms with van der Waals surface area (Å²) < 4.78 is 6.06.